The van der Waals surface area contributed by atoms with E-state index in [4.69, 9.17) is 19.9 Å². The minimum atomic E-state index is 0.551. The van der Waals surface area contributed by atoms with Crippen LogP contribution in [0.1, 0.15) is 0 Å². The Labute approximate surface area is 329 Å². The number of hydrogen-bond donors (Lipinski definition) is 0. The maximum Gasteiger partial charge on any atom is 0.238 e. The van der Waals surface area contributed by atoms with Crippen LogP contribution in [0.15, 0.2) is 176 Å². The van der Waals surface area contributed by atoms with Gasteiger partial charge < -0.3 is 4.57 Å². The molecule has 57 heavy (non-hydrogen) atoms. The van der Waals surface area contributed by atoms with Crippen molar-refractivity contribution in [3.8, 4) is 45.5 Å². The van der Waals surface area contributed by atoms with Gasteiger partial charge in [0, 0.05) is 60.0 Å². The molecule has 0 fully saturated rings. The summed E-state index contributed by atoms with van der Waals surface area (Å²) in [7, 11) is 0. The van der Waals surface area contributed by atoms with Crippen molar-refractivity contribution in [1.29, 1.82) is 0 Å². The van der Waals surface area contributed by atoms with Crippen LogP contribution >= 0.6 is 11.3 Å². The number of nitrogens with zero attached hydrogens (tertiary/aromatic N) is 7. The van der Waals surface area contributed by atoms with Crippen LogP contribution in [0.2, 0.25) is 0 Å². The number of benzene rings is 7. The van der Waals surface area contributed by atoms with E-state index in [1.807, 2.05) is 30.5 Å². The van der Waals surface area contributed by atoms with Gasteiger partial charge in [-0.15, -0.1) is 11.3 Å². The molecular formula is C49H29N7S. The average Bonchev–Trinajstić information content (AvgIpc) is 3.95. The summed E-state index contributed by atoms with van der Waals surface area (Å²) in [6.07, 6.45) is 3.61. The average molecular weight is 748 g/mol. The van der Waals surface area contributed by atoms with Crippen LogP contribution < -0.4 is 0 Å². The molecule has 7 aromatic carbocycles. The maximum absolute atomic E-state index is 5.36. The maximum atomic E-state index is 5.36. The monoisotopic (exact) mass is 747 g/mol. The predicted octanol–water partition coefficient (Wildman–Crippen LogP) is 12.2. The van der Waals surface area contributed by atoms with Crippen molar-refractivity contribution in [3.05, 3.63) is 176 Å². The number of aromatic nitrogens is 7. The van der Waals surface area contributed by atoms with Gasteiger partial charge in [0.25, 0.3) is 0 Å². The normalized spacial score (nSPS) is 11.9. The molecule has 7 nitrogen and oxygen atoms in total. The predicted molar refractivity (Wildman–Crippen MR) is 233 cm³/mol. The van der Waals surface area contributed by atoms with Crippen molar-refractivity contribution >= 4 is 75.3 Å². The van der Waals surface area contributed by atoms with Gasteiger partial charge in [0.2, 0.25) is 5.95 Å². The smallest absolute Gasteiger partial charge is 0.238 e. The fourth-order valence-electron chi connectivity index (χ4n) is 8.48. The van der Waals surface area contributed by atoms with Crippen molar-refractivity contribution < 1.29 is 0 Å². The van der Waals surface area contributed by atoms with Crippen LogP contribution in [0.4, 0.5) is 0 Å². The highest BCUT2D eigenvalue weighted by molar-refractivity contribution is 7.26. The van der Waals surface area contributed by atoms with E-state index in [0.29, 0.717) is 17.6 Å². The molecule has 0 spiro atoms. The van der Waals surface area contributed by atoms with Gasteiger partial charge in [-0.05, 0) is 35.4 Å². The number of fused-ring (bicyclic) bond motifs is 12. The summed E-state index contributed by atoms with van der Waals surface area (Å²) < 4.78 is 5.81. The second-order valence-electron chi connectivity index (χ2n) is 14.1. The first-order valence-electron chi connectivity index (χ1n) is 18.8. The molecule has 0 aliphatic heterocycles. The molecule has 8 heteroatoms. The third kappa shape index (κ3) is 4.81. The molecule has 0 saturated carbocycles. The molecule has 5 aromatic heterocycles. The van der Waals surface area contributed by atoms with Gasteiger partial charge in [-0.3, -0.25) is 4.57 Å². The topological polar surface area (TPSA) is 74.3 Å². The Bertz CT molecular complexity index is 3500. The number of thiophene rings is 1. The molecule has 266 valence electrons. The quantitative estimate of drug-likeness (QED) is 0.175. The second kappa shape index (κ2) is 12.5. The summed E-state index contributed by atoms with van der Waals surface area (Å²) in [5.74, 6) is 1.76. The van der Waals surface area contributed by atoms with Gasteiger partial charge in [0.1, 0.15) is 11.2 Å². The standard InChI is InChI=1S/C49H29N7S/c1-4-14-30(15-5-1)31-24-26-33(27-25-31)47-52-46(32-16-6-2-7-17-32)53-49(54-47)56-39-23-13-11-21-36(39)41-44(56)40-35-20-10-12-22-38(35)55(34-18-8-3-9-19-34)43(40)42-37-28-50-29-51-48(37)57-45(41)42/h1-29H. The van der Waals surface area contributed by atoms with E-state index in [9.17, 15) is 0 Å². The Morgan fingerprint density at radius 3 is 1.63 bits per heavy atom. The molecule has 0 amide bonds. The summed E-state index contributed by atoms with van der Waals surface area (Å²) in [4.78, 5) is 26.1. The molecule has 0 aliphatic carbocycles. The lowest BCUT2D eigenvalue weighted by Gasteiger charge is -2.13. The van der Waals surface area contributed by atoms with Gasteiger partial charge >= 0.3 is 0 Å². The Kier molecular flexibility index (Phi) is 6.96. The van der Waals surface area contributed by atoms with Gasteiger partial charge in [0.05, 0.1) is 22.1 Å². The highest BCUT2D eigenvalue weighted by Gasteiger charge is 2.28. The first kappa shape index (κ1) is 31.8. The molecule has 0 saturated heterocycles. The van der Waals surface area contributed by atoms with E-state index in [1.165, 1.54) is 0 Å². The molecule has 0 N–H and O–H groups in total. The third-order valence-electron chi connectivity index (χ3n) is 10.9. The molecule has 0 unspecified atom stereocenters. The minimum Gasteiger partial charge on any atom is -0.308 e. The lowest BCUT2D eigenvalue weighted by Crippen LogP contribution is -2.06. The van der Waals surface area contributed by atoms with Gasteiger partial charge in [-0.25, -0.2) is 15.0 Å². The summed E-state index contributed by atoms with van der Waals surface area (Å²) in [6, 6.07) is 57.0. The lowest BCUT2D eigenvalue weighted by atomic mass is 10.0. The highest BCUT2D eigenvalue weighted by atomic mass is 32.1. The number of hydrogen-bond acceptors (Lipinski definition) is 6. The van der Waals surface area contributed by atoms with Crippen LogP contribution in [-0.2, 0) is 0 Å². The van der Waals surface area contributed by atoms with E-state index < -0.39 is 0 Å². The molecule has 0 aliphatic rings. The van der Waals surface area contributed by atoms with Crippen LogP contribution in [0, 0.1) is 0 Å². The van der Waals surface area contributed by atoms with Crippen LogP contribution in [0.3, 0.4) is 0 Å². The number of para-hydroxylation sites is 3. The Morgan fingerprint density at radius 2 is 0.930 bits per heavy atom. The summed E-state index contributed by atoms with van der Waals surface area (Å²) in [5, 5.41) is 6.69. The van der Waals surface area contributed by atoms with Crippen molar-refractivity contribution in [2.24, 2.45) is 0 Å². The molecule has 12 rings (SSSR count). The summed E-state index contributed by atoms with van der Waals surface area (Å²) in [5.41, 5.74) is 9.46. The Morgan fingerprint density at radius 1 is 0.421 bits per heavy atom. The second-order valence-corrected chi connectivity index (χ2v) is 15.1. The van der Waals surface area contributed by atoms with Crippen molar-refractivity contribution in [1.82, 2.24) is 34.1 Å². The van der Waals surface area contributed by atoms with Gasteiger partial charge in [-0.2, -0.15) is 9.97 Å². The van der Waals surface area contributed by atoms with Crippen LogP contribution in [0.25, 0.3) is 109 Å². The Hall–Kier alpha value is -7.55. The van der Waals surface area contributed by atoms with Crippen LogP contribution in [0.5, 0.6) is 0 Å². The minimum absolute atomic E-state index is 0.551. The zero-order valence-electron chi connectivity index (χ0n) is 30.3. The first-order valence-corrected chi connectivity index (χ1v) is 19.7. The Balaban J connectivity index is 1.25. The third-order valence-corrected chi connectivity index (χ3v) is 12.1. The molecular weight excluding hydrogens is 719 g/mol. The van der Waals surface area contributed by atoms with E-state index in [-0.39, 0.29) is 0 Å². The van der Waals surface area contributed by atoms with Gasteiger partial charge in [-0.1, -0.05) is 140 Å². The van der Waals surface area contributed by atoms with Crippen molar-refractivity contribution in [2.45, 2.75) is 0 Å². The van der Waals surface area contributed by atoms with Crippen LogP contribution in [-0.4, -0.2) is 34.1 Å². The first-order chi connectivity index (χ1) is 28.3. The summed E-state index contributed by atoms with van der Waals surface area (Å²) in [6.45, 7) is 0. The van der Waals surface area contributed by atoms with Gasteiger partial charge in [0.15, 0.2) is 11.6 Å². The highest BCUT2D eigenvalue weighted by Crippen LogP contribution is 2.50. The molecule has 5 heterocycles. The van der Waals surface area contributed by atoms with E-state index in [1.54, 1.807) is 17.7 Å². The molecule has 0 bridgehead atoms. The van der Waals surface area contributed by atoms with Crippen molar-refractivity contribution in [3.63, 3.8) is 0 Å². The molecule has 12 aromatic rings. The zero-order valence-corrected chi connectivity index (χ0v) is 31.1. The van der Waals surface area contributed by atoms with Crippen molar-refractivity contribution in [2.75, 3.05) is 0 Å². The SMILES string of the molecule is c1ccc(-c2ccc(-c3nc(-c4ccccc4)nc(-n4c5ccccc5c5c6sc7ncncc7c6c6c(c7ccccc7n6-c6ccccc6)c54)n3)cc2)cc1. The fraction of sp³-hybridized carbons (Fsp3) is 0. The molecule has 0 radical (unpaired) electrons. The fourth-order valence-corrected chi connectivity index (χ4v) is 9.66. The van der Waals surface area contributed by atoms with E-state index >= 15 is 0 Å². The van der Waals surface area contributed by atoms with E-state index in [2.05, 4.69) is 154 Å². The zero-order chi connectivity index (χ0) is 37.5. The largest absolute Gasteiger partial charge is 0.308 e. The van der Waals surface area contributed by atoms with E-state index in [0.717, 1.165) is 91.9 Å². The summed E-state index contributed by atoms with van der Waals surface area (Å²) >= 11 is 1.71. The lowest BCUT2D eigenvalue weighted by molar-refractivity contribution is 0.955. The number of rotatable bonds is 5. The molecule has 0 atom stereocenters.